The maximum absolute atomic E-state index is 11.6. The Morgan fingerprint density at radius 2 is 1.70 bits per heavy atom. The number of nitrogens with two attached hydrogens (primary N) is 1. The molecule has 8 heteroatoms. The third kappa shape index (κ3) is 4.20. The molecule has 0 saturated heterocycles. The summed E-state index contributed by atoms with van der Waals surface area (Å²) in [6, 6.07) is 23.9. The van der Waals surface area contributed by atoms with Crippen molar-refractivity contribution in [3.63, 3.8) is 0 Å². The molecule has 0 spiro atoms. The lowest BCUT2D eigenvalue weighted by atomic mass is 10.1. The molecule has 0 aliphatic carbocycles. The van der Waals surface area contributed by atoms with E-state index in [2.05, 4.69) is 0 Å². The molecule has 0 radical (unpaired) electrons. The van der Waals surface area contributed by atoms with Gasteiger partial charge in [-0.15, -0.1) is 11.3 Å². The average Bonchev–Trinajstić information content (AvgIpc) is 3.17. The molecule has 0 amide bonds. The van der Waals surface area contributed by atoms with Crippen molar-refractivity contribution in [3.05, 3.63) is 89.0 Å². The average molecular weight is 438 g/mol. The fourth-order valence-corrected chi connectivity index (χ4v) is 4.47. The van der Waals surface area contributed by atoms with Crippen molar-refractivity contribution in [2.75, 3.05) is 7.11 Å². The summed E-state index contributed by atoms with van der Waals surface area (Å²) in [5, 5.41) is 7.27. The first kappa shape index (κ1) is 20.1. The predicted molar refractivity (Wildman–Crippen MR) is 119 cm³/mol. The number of nitrogens with zero attached hydrogens (tertiary/aromatic N) is 2. The van der Waals surface area contributed by atoms with Crippen LogP contribution in [0.15, 0.2) is 94.1 Å². The second-order valence-corrected chi connectivity index (χ2v) is 8.86. The van der Waals surface area contributed by atoms with Gasteiger partial charge in [-0.1, -0.05) is 36.4 Å². The number of aromatic nitrogens is 1. The van der Waals surface area contributed by atoms with Crippen LogP contribution in [0.1, 0.15) is 0 Å². The zero-order valence-corrected chi connectivity index (χ0v) is 17.7. The lowest BCUT2D eigenvalue weighted by Crippen LogP contribution is -2.15. The minimum Gasteiger partial charge on any atom is -0.497 e. The van der Waals surface area contributed by atoms with Gasteiger partial charge in [-0.3, -0.25) is 4.57 Å². The Morgan fingerprint density at radius 1 is 0.967 bits per heavy atom. The Labute approximate surface area is 178 Å². The van der Waals surface area contributed by atoms with E-state index in [1.54, 1.807) is 19.2 Å². The van der Waals surface area contributed by atoms with Crippen LogP contribution in [0.5, 0.6) is 5.75 Å². The summed E-state index contributed by atoms with van der Waals surface area (Å²) >= 11 is 1.50. The molecule has 4 aromatic rings. The van der Waals surface area contributed by atoms with Gasteiger partial charge in [0.1, 0.15) is 5.75 Å². The normalized spacial score (nSPS) is 12.1. The number of hydrogen-bond donors (Lipinski definition) is 1. The highest BCUT2D eigenvalue weighted by Crippen LogP contribution is 2.25. The molecule has 0 atom stereocenters. The van der Waals surface area contributed by atoms with Crippen molar-refractivity contribution in [1.29, 1.82) is 0 Å². The van der Waals surface area contributed by atoms with Crippen LogP contribution in [0.3, 0.4) is 0 Å². The fourth-order valence-electron chi connectivity index (χ4n) is 3.02. The van der Waals surface area contributed by atoms with E-state index in [-0.39, 0.29) is 4.90 Å². The van der Waals surface area contributed by atoms with Gasteiger partial charge in [0.05, 0.1) is 23.4 Å². The first-order valence-electron chi connectivity index (χ1n) is 9.04. The zero-order valence-electron chi connectivity index (χ0n) is 16.1. The van der Waals surface area contributed by atoms with E-state index in [0.29, 0.717) is 0 Å². The Hall–Kier alpha value is -3.20. The second-order valence-electron chi connectivity index (χ2n) is 6.46. The molecule has 30 heavy (non-hydrogen) atoms. The highest BCUT2D eigenvalue weighted by molar-refractivity contribution is 7.89. The number of ether oxygens (including phenoxy) is 1. The SMILES string of the molecule is COc1cccc(N=c2scc(-c3ccccc3)n2-c2ccc(S(N)(=O)=O)cc2)c1. The zero-order chi connectivity index (χ0) is 21.1. The Morgan fingerprint density at radius 3 is 2.37 bits per heavy atom. The molecular weight excluding hydrogens is 418 g/mol. The molecular formula is C22H19N3O3S2. The van der Waals surface area contributed by atoms with Crippen LogP contribution in [-0.4, -0.2) is 20.1 Å². The highest BCUT2D eigenvalue weighted by atomic mass is 32.2. The molecule has 0 bridgehead atoms. The van der Waals surface area contributed by atoms with E-state index < -0.39 is 10.0 Å². The van der Waals surface area contributed by atoms with Crippen LogP contribution in [0.2, 0.25) is 0 Å². The quantitative estimate of drug-likeness (QED) is 0.510. The largest absolute Gasteiger partial charge is 0.497 e. The summed E-state index contributed by atoms with van der Waals surface area (Å²) < 4.78 is 30.5. The van der Waals surface area contributed by atoms with E-state index in [9.17, 15) is 8.42 Å². The van der Waals surface area contributed by atoms with Gasteiger partial charge in [0.2, 0.25) is 10.0 Å². The molecule has 0 saturated carbocycles. The van der Waals surface area contributed by atoms with Crippen molar-refractivity contribution in [3.8, 4) is 22.7 Å². The number of sulfonamides is 1. The molecule has 6 nitrogen and oxygen atoms in total. The van der Waals surface area contributed by atoms with Crippen molar-refractivity contribution in [2.45, 2.75) is 4.90 Å². The molecule has 0 aliphatic rings. The number of hydrogen-bond acceptors (Lipinski definition) is 5. The summed E-state index contributed by atoms with van der Waals surface area (Å²) in [5.41, 5.74) is 3.51. The van der Waals surface area contributed by atoms with E-state index >= 15 is 0 Å². The van der Waals surface area contributed by atoms with Crippen LogP contribution in [0.25, 0.3) is 16.9 Å². The van der Waals surface area contributed by atoms with Crippen molar-refractivity contribution in [1.82, 2.24) is 4.57 Å². The third-order valence-electron chi connectivity index (χ3n) is 4.48. The fraction of sp³-hybridized carbons (Fsp3) is 0.0455. The lowest BCUT2D eigenvalue weighted by molar-refractivity contribution is 0.415. The van der Waals surface area contributed by atoms with Crippen LogP contribution in [0, 0.1) is 0 Å². The van der Waals surface area contributed by atoms with Gasteiger partial charge in [-0.05, 0) is 42.0 Å². The number of methoxy groups -OCH3 is 1. The minimum atomic E-state index is -3.76. The molecule has 1 aromatic heterocycles. The van der Waals surface area contributed by atoms with Gasteiger partial charge in [-0.25, -0.2) is 18.5 Å². The van der Waals surface area contributed by atoms with Gasteiger partial charge in [0.25, 0.3) is 0 Å². The van der Waals surface area contributed by atoms with Gasteiger partial charge in [0, 0.05) is 17.1 Å². The molecule has 0 aliphatic heterocycles. The van der Waals surface area contributed by atoms with Gasteiger partial charge < -0.3 is 4.74 Å². The van der Waals surface area contributed by atoms with E-state index in [1.807, 2.05) is 64.5 Å². The minimum absolute atomic E-state index is 0.0645. The molecule has 0 fully saturated rings. The van der Waals surface area contributed by atoms with E-state index in [0.717, 1.165) is 33.2 Å². The standard InChI is InChI=1S/C22H19N3O3S2/c1-28-19-9-5-8-17(14-19)24-22-25(18-10-12-20(13-11-18)30(23,26)27)21(15-29-22)16-6-3-2-4-7-16/h2-15H,1H3,(H2,23,26,27). The first-order valence-corrected chi connectivity index (χ1v) is 11.5. The summed E-state index contributed by atoms with van der Waals surface area (Å²) in [5.74, 6) is 0.722. The summed E-state index contributed by atoms with van der Waals surface area (Å²) in [6.07, 6.45) is 0. The molecule has 3 aromatic carbocycles. The Balaban J connectivity index is 1.92. The number of rotatable bonds is 5. The smallest absolute Gasteiger partial charge is 0.238 e. The Bertz CT molecular complexity index is 1340. The van der Waals surface area contributed by atoms with E-state index in [4.69, 9.17) is 14.9 Å². The maximum atomic E-state index is 11.6. The number of benzene rings is 3. The lowest BCUT2D eigenvalue weighted by Gasteiger charge is -2.10. The first-order chi connectivity index (χ1) is 14.5. The Kier molecular flexibility index (Phi) is 5.54. The maximum Gasteiger partial charge on any atom is 0.238 e. The summed E-state index contributed by atoms with van der Waals surface area (Å²) in [7, 11) is -2.14. The highest BCUT2D eigenvalue weighted by Gasteiger charge is 2.12. The van der Waals surface area contributed by atoms with Crippen LogP contribution >= 0.6 is 11.3 Å². The summed E-state index contributed by atoms with van der Waals surface area (Å²) in [6.45, 7) is 0. The van der Waals surface area contributed by atoms with Crippen LogP contribution in [0.4, 0.5) is 5.69 Å². The van der Waals surface area contributed by atoms with Crippen molar-refractivity contribution in [2.24, 2.45) is 10.1 Å². The van der Waals surface area contributed by atoms with Crippen molar-refractivity contribution < 1.29 is 13.2 Å². The van der Waals surface area contributed by atoms with Gasteiger partial charge in [0.15, 0.2) is 4.80 Å². The molecule has 152 valence electrons. The predicted octanol–water partition coefficient (Wildman–Crippen LogP) is 4.09. The molecule has 0 unspecified atom stereocenters. The van der Waals surface area contributed by atoms with Crippen LogP contribution in [-0.2, 0) is 10.0 Å². The molecule has 4 rings (SSSR count). The van der Waals surface area contributed by atoms with Gasteiger partial charge >= 0.3 is 0 Å². The third-order valence-corrected chi connectivity index (χ3v) is 6.23. The van der Waals surface area contributed by atoms with E-state index in [1.165, 1.54) is 23.5 Å². The molecule has 1 heterocycles. The van der Waals surface area contributed by atoms with Crippen molar-refractivity contribution >= 4 is 27.0 Å². The number of thiazole rings is 1. The molecule has 2 N–H and O–H groups in total. The number of primary sulfonamides is 1. The monoisotopic (exact) mass is 437 g/mol. The topological polar surface area (TPSA) is 86.7 Å². The van der Waals surface area contributed by atoms with Crippen LogP contribution < -0.4 is 14.7 Å². The van der Waals surface area contributed by atoms with Gasteiger partial charge in [-0.2, -0.15) is 0 Å². The second kappa shape index (κ2) is 8.27. The summed E-state index contributed by atoms with van der Waals surface area (Å²) in [4.78, 5) is 5.61.